The number of primary amides is 1. The lowest BCUT2D eigenvalue weighted by atomic mass is 10.3. The monoisotopic (exact) mass is 229 g/mol. The van der Waals surface area contributed by atoms with Crippen molar-refractivity contribution in [2.45, 2.75) is 6.92 Å². The van der Waals surface area contributed by atoms with E-state index in [0.717, 1.165) is 5.56 Å². The number of nitrogens with two attached hydrogens (primary N) is 1. The zero-order valence-electron chi connectivity index (χ0n) is 6.47. The molecule has 0 fully saturated rings. The number of pyridine rings is 1. The second-order valence-corrected chi connectivity index (χ2v) is 3.04. The number of urea groups is 1. The average Bonchev–Trinajstić information content (AvgIpc) is 1.96. The molecule has 0 aliphatic rings. The Hall–Kier alpha value is -1.10. The van der Waals surface area contributed by atoms with Crippen molar-refractivity contribution in [2.75, 3.05) is 5.32 Å². The highest BCUT2D eigenvalue weighted by Crippen LogP contribution is 2.15. The summed E-state index contributed by atoms with van der Waals surface area (Å²) in [7, 11) is 0. The highest BCUT2D eigenvalue weighted by Gasteiger charge is 1.99. The largest absolute Gasteiger partial charge is 0.351 e. The Bertz CT molecular complexity index is 314. The van der Waals surface area contributed by atoms with Gasteiger partial charge in [0.05, 0.1) is 0 Å². The summed E-state index contributed by atoms with van der Waals surface area (Å²) in [5.41, 5.74) is 5.91. The van der Waals surface area contributed by atoms with Gasteiger partial charge in [-0.25, -0.2) is 9.78 Å². The fraction of sp³-hybridized carbons (Fsp3) is 0.143. The highest BCUT2D eigenvalue weighted by atomic mass is 79.9. The van der Waals surface area contributed by atoms with E-state index in [-0.39, 0.29) is 0 Å². The lowest BCUT2D eigenvalue weighted by Gasteiger charge is -2.02. The maximum atomic E-state index is 10.4. The van der Waals surface area contributed by atoms with E-state index >= 15 is 0 Å². The van der Waals surface area contributed by atoms with Gasteiger partial charge in [0.25, 0.3) is 0 Å². The minimum absolute atomic E-state index is 0.444. The van der Waals surface area contributed by atoms with Gasteiger partial charge >= 0.3 is 6.03 Å². The molecule has 2 amide bonds. The zero-order chi connectivity index (χ0) is 9.14. The number of carbonyl (C=O) groups excluding carboxylic acids is 1. The summed E-state index contributed by atoms with van der Waals surface area (Å²) in [5.74, 6) is 0.444. The first-order valence-corrected chi connectivity index (χ1v) is 4.08. The summed E-state index contributed by atoms with van der Waals surface area (Å²) in [5, 5.41) is 2.37. The van der Waals surface area contributed by atoms with Crippen LogP contribution >= 0.6 is 15.9 Å². The van der Waals surface area contributed by atoms with Crippen LogP contribution in [-0.4, -0.2) is 11.0 Å². The van der Waals surface area contributed by atoms with E-state index < -0.39 is 6.03 Å². The Kier molecular flexibility index (Phi) is 2.65. The van der Waals surface area contributed by atoms with Gasteiger partial charge in [0.1, 0.15) is 10.4 Å². The van der Waals surface area contributed by atoms with Crippen LogP contribution in [0.2, 0.25) is 0 Å². The van der Waals surface area contributed by atoms with E-state index in [4.69, 9.17) is 5.73 Å². The van der Waals surface area contributed by atoms with Gasteiger partial charge in [0, 0.05) is 0 Å². The molecule has 0 unspecified atom stereocenters. The first kappa shape index (κ1) is 8.99. The van der Waals surface area contributed by atoms with E-state index in [2.05, 4.69) is 26.2 Å². The van der Waals surface area contributed by atoms with E-state index in [1.807, 2.05) is 13.0 Å². The molecule has 3 N–H and O–H groups in total. The van der Waals surface area contributed by atoms with Gasteiger partial charge in [0.15, 0.2) is 0 Å². The standard InChI is InChI=1S/C7H8BrN3O/c1-4-2-3-5(10-6(4)8)11-7(9)12/h2-3H,1H3,(H3,9,10,11,12). The quantitative estimate of drug-likeness (QED) is 0.720. The Morgan fingerprint density at radius 3 is 2.83 bits per heavy atom. The molecule has 1 rings (SSSR count). The Balaban J connectivity index is 2.89. The molecule has 0 radical (unpaired) electrons. The molecule has 4 nitrogen and oxygen atoms in total. The van der Waals surface area contributed by atoms with Crippen molar-refractivity contribution in [1.29, 1.82) is 0 Å². The summed E-state index contributed by atoms with van der Waals surface area (Å²) in [6, 6.07) is 2.91. The third-order valence-corrected chi connectivity index (χ3v) is 2.09. The Labute approximate surface area is 78.3 Å². The highest BCUT2D eigenvalue weighted by molar-refractivity contribution is 9.10. The molecule has 0 spiro atoms. The van der Waals surface area contributed by atoms with Crippen LogP contribution in [0.1, 0.15) is 5.56 Å². The molecule has 1 heterocycles. The lowest BCUT2D eigenvalue weighted by Crippen LogP contribution is -2.20. The van der Waals surface area contributed by atoms with E-state index in [1.165, 1.54) is 0 Å². The second-order valence-electron chi connectivity index (χ2n) is 2.29. The van der Waals surface area contributed by atoms with Crippen molar-refractivity contribution >= 4 is 27.8 Å². The van der Waals surface area contributed by atoms with E-state index in [1.54, 1.807) is 6.07 Å². The van der Waals surface area contributed by atoms with Crippen molar-refractivity contribution in [3.05, 3.63) is 22.3 Å². The molecule has 1 aromatic heterocycles. The zero-order valence-corrected chi connectivity index (χ0v) is 8.05. The van der Waals surface area contributed by atoms with Crippen molar-refractivity contribution in [2.24, 2.45) is 5.73 Å². The van der Waals surface area contributed by atoms with Crippen LogP contribution in [0.25, 0.3) is 0 Å². The molecule has 0 bridgehead atoms. The van der Waals surface area contributed by atoms with Gasteiger partial charge < -0.3 is 5.73 Å². The Morgan fingerprint density at radius 2 is 2.33 bits per heavy atom. The van der Waals surface area contributed by atoms with Gasteiger partial charge in [-0.1, -0.05) is 6.07 Å². The third kappa shape index (κ3) is 2.20. The molecule has 0 aliphatic heterocycles. The van der Waals surface area contributed by atoms with E-state index in [0.29, 0.717) is 10.4 Å². The van der Waals surface area contributed by atoms with Crippen molar-refractivity contribution < 1.29 is 4.79 Å². The van der Waals surface area contributed by atoms with Crippen LogP contribution in [0.4, 0.5) is 10.6 Å². The number of anilines is 1. The number of carbonyl (C=O) groups is 1. The topological polar surface area (TPSA) is 68.0 Å². The van der Waals surface area contributed by atoms with Gasteiger partial charge in [-0.3, -0.25) is 5.32 Å². The van der Waals surface area contributed by atoms with Crippen molar-refractivity contribution in [1.82, 2.24) is 4.98 Å². The van der Waals surface area contributed by atoms with E-state index in [9.17, 15) is 4.79 Å². The number of aromatic nitrogens is 1. The maximum Gasteiger partial charge on any atom is 0.317 e. The van der Waals surface area contributed by atoms with Gasteiger partial charge in [0.2, 0.25) is 0 Å². The van der Waals surface area contributed by atoms with Gasteiger partial charge in [-0.05, 0) is 34.5 Å². The summed E-state index contributed by atoms with van der Waals surface area (Å²) >= 11 is 3.23. The summed E-state index contributed by atoms with van der Waals surface area (Å²) in [4.78, 5) is 14.4. The normalized spacial score (nSPS) is 9.50. The summed E-state index contributed by atoms with van der Waals surface area (Å²) < 4.78 is 0.703. The number of halogens is 1. The van der Waals surface area contributed by atoms with Crippen LogP contribution in [0.15, 0.2) is 16.7 Å². The molecule has 64 valence electrons. The minimum atomic E-state index is -0.613. The number of amides is 2. The fourth-order valence-corrected chi connectivity index (χ4v) is 1.02. The number of nitrogens with zero attached hydrogens (tertiary/aromatic N) is 1. The Morgan fingerprint density at radius 1 is 1.67 bits per heavy atom. The number of aryl methyl sites for hydroxylation is 1. The predicted molar refractivity (Wildman–Crippen MR) is 49.9 cm³/mol. The number of hydrogen-bond acceptors (Lipinski definition) is 2. The second kappa shape index (κ2) is 3.53. The third-order valence-electron chi connectivity index (χ3n) is 1.29. The molecular weight excluding hydrogens is 222 g/mol. The lowest BCUT2D eigenvalue weighted by molar-refractivity contribution is 0.259. The van der Waals surface area contributed by atoms with Crippen molar-refractivity contribution in [3.8, 4) is 0 Å². The van der Waals surface area contributed by atoms with Crippen LogP contribution in [-0.2, 0) is 0 Å². The van der Waals surface area contributed by atoms with Gasteiger partial charge in [-0.2, -0.15) is 0 Å². The molecular formula is C7H8BrN3O. The molecule has 0 saturated carbocycles. The van der Waals surface area contributed by atoms with Crippen LogP contribution in [0.5, 0.6) is 0 Å². The number of hydrogen-bond donors (Lipinski definition) is 2. The molecule has 0 saturated heterocycles. The molecule has 5 heteroatoms. The fourth-order valence-electron chi connectivity index (χ4n) is 0.700. The smallest absolute Gasteiger partial charge is 0.317 e. The van der Waals surface area contributed by atoms with Crippen LogP contribution < -0.4 is 11.1 Å². The minimum Gasteiger partial charge on any atom is -0.351 e. The van der Waals surface area contributed by atoms with Crippen molar-refractivity contribution in [3.63, 3.8) is 0 Å². The molecule has 0 aromatic carbocycles. The molecule has 0 atom stereocenters. The molecule has 1 aromatic rings. The van der Waals surface area contributed by atoms with Crippen LogP contribution in [0.3, 0.4) is 0 Å². The summed E-state index contributed by atoms with van der Waals surface area (Å²) in [6.45, 7) is 1.91. The number of rotatable bonds is 1. The number of nitrogens with one attached hydrogen (secondary N) is 1. The summed E-state index contributed by atoms with van der Waals surface area (Å²) in [6.07, 6.45) is 0. The van der Waals surface area contributed by atoms with Gasteiger partial charge in [-0.15, -0.1) is 0 Å². The maximum absolute atomic E-state index is 10.4. The molecule has 12 heavy (non-hydrogen) atoms. The first-order valence-electron chi connectivity index (χ1n) is 3.29. The predicted octanol–water partition coefficient (Wildman–Crippen LogP) is 1.64. The first-order chi connectivity index (χ1) is 5.59. The van der Waals surface area contributed by atoms with Crippen LogP contribution in [0, 0.1) is 6.92 Å². The molecule has 0 aliphatic carbocycles. The average molecular weight is 230 g/mol. The SMILES string of the molecule is Cc1ccc(NC(N)=O)nc1Br.